The molecule has 1 aromatic rings. The molecule has 27 heavy (non-hydrogen) atoms. The van der Waals surface area contributed by atoms with Crippen molar-refractivity contribution in [2.24, 2.45) is 0 Å². The Bertz CT molecular complexity index is 701. The van der Waals surface area contributed by atoms with Gasteiger partial charge in [-0.1, -0.05) is 47.0 Å². The van der Waals surface area contributed by atoms with Crippen molar-refractivity contribution < 1.29 is 19.1 Å². The largest absolute Gasteiger partial charge is 0.469 e. The second kappa shape index (κ2) is 11.0. The fraction of sp³-hybridized carbons (Fsp3) is 0.476. The summed E-state index contributed by atoms with van der Waals surface area (Å²) in [6, 6.07) is 7.27. The van der Waals surface area contributed by atoms with Gasteiger partial charge in [-0.2, -0.15) is 0 Å². The molecule has 0 spiro atoms. The number of likely N-dealkylation sites (tertiary alicyclic amines) is 1. The van der Waals surface area contributed by atoms with E-state index in [0.29, 0.717) is 24.9 Å². The summed E-state index contributed by atoms with van der Waals surface area (Å²) in [7, 11) is 1.40. The van der Waals surface area contributed by atoms with Gasteiger partial charge in [0.2, 0.25) is 5.91 Å². The number of rotatable bonds is 10. The zero-order valence-electron chi connectivity index (χ0n) is 15.7. The SMILES string of the molecule is COC(=O)CCCCCCN1C(=O)CC[C@@H]1/C=C/C(=O)c1cccc(Br)c1. The van der Waals surface area contributed by atoms with Crippen LogP contribution in [0, 0.1) is 0 Å². The zero-order valence-corrected chi connectivity index (χ0v) is 17.2. The molecule has 1 aliphatic heterocycles. The highest BCUT2D eigenvalue weighted by atomic mass is 79.9. The highest BCUT2D eigenvalue weighted by molar-refractivity contribution is 9.10. The Kier molecular flexibility index (Phi) is 8.72. The van der Waals surface area contributed by atoms with Crippen LogP contribution in [-0.4, -0.2) is 42.3 Å². The smallest absolute Gasteiger partial charge is 0.305 e. The third-order valence-corrected chi connectivity index (χ3v) is 5.20. The molecule has 1 saturated heterocycles. The van der Waals surface area contributed by atoms with E-state index in [0.717, 1.165) is 36.6 Å². The molecule has 1 amide bonds. The van der Waals surface area contributed by atoms with Gasteiger partial charge in [-0.15, -0.1) is 0 Å². The molecule has 0 bridgehead atoms. The summed E-state index contributed by atoms with van der Waals surface area (Å²) < 4.78 is 5.49. The molecule has 0 radical (unpaired) electrons. The molecule has 0 unspecified atom stereocenters. The zero-order chi connectivity index (χ0) is 19.6. The highest BCUT2D eigenvalue weighted by Crippen LogP contribution is 2.21. The van der Waals surface area contributed by atoms with E-state index in [1.54, 1.807) is 18.2 Å². The maximum absolute atomic E-state index is 12.3. The molecular formula is C21H26BrNO4. The molecule has 0 aromatic heterocycles. The van der Waals surface area contributed by atoms with Crippen LogP contribution in [0.25, 0.3) is 0 Å². The normalized spacial score (nSPS) is 16.9. The lowest BCUT2D eigenvalue weighted by Gasteiger charge is -2.22. The van der Waals surface area contributed by atoms with Gasteiger partial charge in [-0.05, 0) is 37.5 Å². The minimum absolute atomic E-state index is 0.0105. The van der Waals surface area contributed by atoms with E-state index in [2.05, 4.69) is 20.7 Å². The maximum Gasteiger partial charge on any atom is 0.305 e. The molecule has 6 heteroatoms. The number of benzene rings is 1. The first-order valence-corrected chi connectivity index (χ1v) is 10.1. The quantitative estimate of drug-likeness (QED) is 0.237. The van der Waals surface area contributed by atoms with Crippen LogP contribution >= 0.6 is 15.9 Å². The molecular weight excluding hydrogens is 410 g/mol. The molecule has 1 atom stereocenters. The predicted octanol–water partition coefficient (Wildman–Crippen LogP) is 4.30. The number of unbranched alkanes of at least 4 members (excludes halogenated alkanes) is 3. The third kappa shape index (κ3) is 6.94. The minimum Gasteiger partial charge on any atom is -0.469 e. The monoisotopic (exact) mass is 435 g/mol. The first-order valence-electron chi connectivity index (χ1n) is 9.35. The van der Waals surface area contributed by atoms with Gasteiger partial charge in [0.15, 0.2) is 5.78 Å². The van der Waals surface area contributed by atoms with Crippen molar-refractivity contribution >= 4 is 33.6 Å². The second-order valence-corrected chi connectivity index (χ2v) is 7.58. The second-order valence-electron chi connectivity index (χ2n) is 6.67. The van der Waals surface area contributed by atoms with Gasteiger partial charge >= 0.3 is 5.97 Å². The molecule has 1 fully saturated rings. The molecule has 1 heterocycles. The lowest BCUT2D eigenvalue weighted by molar-refractivity contribution is -0.140. The molecule has 0 N–H and O–H groups in total. The molecule has 5 nitrogen and oxygen atoms in total. The Labute approximate surface area is 168 Å². The van der Waals surface area contributed by atoms with Crippen LogP contribution in [0.3, 0.4) is 0 Å². The Morgan fingerprint density at radius 3 is 2.78 bits per heavy atom. The number of esters is 1. The minimum atomic E-state index is -0.176. The fourth-order valence-corrected chi connectivity index (χ4v) is 3.59. The number of nitrogens with zero attached hydrogens (tertiary/aromatic N) is 1. The van der Waals surface area contributed by atoms with E-state index in [9.17, 15) is 14.4 Å². The number of ketones is 1. The molecule has 1 aromatic carbocycles. The van der Waals surface area contributed by atoms with Crippen molar-refractivity contribution in [2.45, 2.75) is 51.0 Å². The van der Waals surface area contributed by atoms with Gasteiger partial charge in [0.25, 0.3) is 0 Å². The lowest BCUT2D eigenvalue weighted by atomic mass is 10.1. The van der Waals surface area contributed by atoms with Gasteiger partial charge in [0.05, 0.1) is 13.2 Å². The van der Waals surface area contributed by atoms with E-state index < -0.39 is 0 Å². The van der Waals surface area contributed by atoms with Gasteiger partial charge in [-0.3, -0.25) is 14.4 Å². The summed E-state index contributed by atoms with van der Waals surface area (Å²) in [5.74, 6) is -0.0856. The predicted molar refractivity (Wildman–Crippen MR) is 107 cm³/mol. The van der Waals surface area contributed by atoms with E-state index in [4.69, 9.17) is 0 Å². The van der Waals surface area contributed by atoms with E-state index >= 15 is 0 Å². The van der Waals surface area contributed by atoms with Crippen molar-refractivity contribution in [1.29, 1.82) is 0 Å². The van der Waals surface area contributed by atoms with E-state index in [1.165, 1.54) is 7.11 Å². The molecule has 0 aliphatic carbocycles. The van der Waals surface area contributed by atoms with Crippen molar-refractivity contribution in [3.8, 4) is 0 Å². The van der Waals surface area contributed by atoms with Crippen LogP contribution in [0.2, 0.25) is 0 Å². The number of carbonyl (C=O) groups is 3. The molecule has 146 valence electrons. The number of carbonyl (C=O) groups excluding carboxylic acids is 3. The van der Waals surface area contributed by atoms with Crippen LogP contribution < -0.4 is 0 Å². The average molecular weight is 436 g/mol. The van der Waals surface area contributed by atoms with Crippen molar-refractivity contribution in [1.82, 2.24) is 4.90 Å². The Morgan fingerprint density at radius 2 is 2.04 bits per heavy atom. The van der Waals surface area contributed by atoms with Gasteiger partial charge < -0.3 is 9.64 Å². The summed E-state index contributed by atoms with van der Waals surface area (Å²) in [5.41, 5.74) is 0.627. The molecule has 0 saturated carbocycles. The average Bonchev–Trinajstić information content (AvgIpc) is 3.02. The van der Waals surface area contributed by atoms with Crippen LogP contribution in [0.1, 0.15) is 55.3 Å². The van der Waals surface area contributed by atoms with Crippen molar-refractivity contribution in [3.63, 3.8) is 0 Å². The van der Waals surface area contributed by atoms with Crippen LogP contribution in [0.4, 0.5) is 0 Å². The third-order valence-electron chi connectivity index (χ3n) is 4.71. The first-order chi connectivity index (χ1) is 13.0. The number of ether oxygens (including phenoxy) is 1. The number of allylic oxidation sites excluding steroid dienone is 1. The van der Waals surface area contributed by atoms with Gasteiger partial charge in [0, 0.05) is 29.4 Å². The number of hydrogen-bond donors (Lipinski definition) is 0. The van der Waals surface area contributed by atoms with Gasteiger partial charge in [0.1, 0.15) is 0 Å². The highest BCUT2D eigenvalue weighted by Gasteiger charge is 2.28. The first kappa shape index (κ1) is 21.4. The number of hydrogen-bond acceptors (Lipinski definition) is 4. The number of amides is 1. The summed E-state index contributed by atoms with van der Waals surface area (Å²) in [6.07, 6.45) is 8.78. The van der Waals surface area contributed by atoms with E-state index in [-0.39, 0.29) is 23.7 Å². The summed E-state index contributed by atoms with van der Waals surface area (Å²) in [4.78, 5) is 37.4. The summed E-state index contributed by atoms with van der Waals surface area (Å²) in [5, 5.41) is 0. The number of methoxy groups -OCH3 is 1. The Hall–Kier alpha value is -1.95. The van der Waals surface area contributed by atoms with Crippen LogP contribution in [0.15, 0.2) is 40.9 Å². The number of halogens is 1. The van der Waals surface area contributed by atoms with Crippen molar-refractivity contribution in [3.05, 3.63) is 46.5 Å². The van der Waals surface area contributed by atoms with Crippen LogP contribution in [-0.2, 0) is 14.3 Å². The van der Waals surface area contributed by atoms with Gasteiger partial charge in [-0.25, -0.2) is 0 Å². The summed E-state index contributed by atoms with van der Waals surface area (Å²) in [6.45, 7) is 0.692. The van der Waals surface area contributed by atoms with Crippen molar-refractivity contribution in [2.75, 3.05) is 13.7 Å². The lowest BCUT2D eigenvalue weighted by Crippen LogP contribution is -2.32. The summed E-state index contributed by atoms with van der Waals surface area (Å²) >= 11 is 3.37. The Morgan fingerprint density at radius 1 is 1.26 bits per heavy atom. The molecule has 1 aliphatic rings. The fourth-order valence-electron chi connectivity index (χ4n) is 3.19. The Balaban J connectivity index is 1.79. The standard InChI is InChI=1S/C21H26BrNO4/c1-27-21(26)9-4-2-3-5-14-23-18(11-13-20(23)25)10-12-19(24)16-7-6-8-17(22)15-16/h6-8,10,12,15,18H,2-5,9,11,13-14H2,1H3/b12-10+/t18-/m0/s1. The van der Waals surface area contributed by atoms with Crippen LogP contribution in [0.5, 0.6) is 0 Å². The topological polar surface area (TPSA) is 63.7 Å². The van der Waals surface area contributed by atoms with E-state index in [1.807, 2.05) is 23.1 Å². The molecule has 2 rings (SSSR count). The maximum atomic E-state index is 12.3.